The second-order valence-corrected chi connectivity index (χ2v) is 8.46. The van der Waals surface area contributed by atoms with Crippen LogP contribution in [0.3, 0.4) is 0 Å². The van der Waals surface area contributed by atoms with E-state index in [1.54, 1.807) is 7.11 Å². The number of phenols is 1. The summed E-state index contributed by atoms with van der Waals surface area (Å²) in [6.07, 6.45) is 0.384. The molecule has 0 bridgehead atoms. The topological polar surface area (TPSA) is 96.3 Å². The van der Waals surface area contributed by atoms with E-state index in [0.717, 1.165) is 16.7 Å². The van der Waals surface area contributed by atoms with Gasteiger partial charge in [-0.15, -0.1) is 0 Å². The third kappa shape index (κ3) is 2.60. The van der Waals surface area contributed by atoms with Gasteiger partial charge >= 0.3 is 0 Å². The lowest BCUT2D eigenvalue weighted by atomic mass is 9.64. The molecule has 6 atom stereocenters. The van der Waals surface area contributed by atoms with Crippen molar-refractivity contribution < 1.29 is 29.3 Å². The maximum absolute atomic E-state index is 12.8. The Morgan fingerprint density at radius 3 is 2.46 bits per heavy atom. The molecule has 1 saturated carbocycles. The molecule has 2 saturated heterocycles. The van der Waals surface area contributed by atoms with Gasteiger partial charge in [0.2, 0.25) is 11.8 Å². The number of hydrogen-bond donors (Lipinski definition) is 2. The largest absolute Gasteiger partial charge is 0.507 e. The molecule has 3 aliphatic rings. The van der Waals surface area contributed by atoms with Crippen LogP contribution >= 0.6 is 0 Å². The van der Waals surface area contributed by atoms with E-state index in [-0.39, 0.29) is 24.2 Å². The summed E-state index contributed by atoms with van der Waals surface area (Å²) in [6, 6.07) is 3.70. The van der Waals surface area contributed by atoms with Crippen LogP contribution in [0.25, 0.3) is 0 Å². The Morgan fingerprint density at radius 2 is 1.86 bits per heavy atom. The molecule has 2 amide bonds. The Labute approximate surface area is 164 Å². The van der Waals surface area contributed by atoms with E-state index in [4.69, 9.17) is 9.47 Å². The third-order valence-corrected chi connectivity index (χ3v) is 6.84. The van der Waals surface area contributed by atoms with Crippen LogP contribution in [-0.4, -0.2) is 53.5 Å². The molecule has 0 aromatic heterocycles. The number of fused-ring (bicyclic) bond motifs is 3. The first-order valence-corrected chi connectivity index (χ1v) is 9.69. The Hall–Kier alpha value is -1.96. The number of ether oxygens (including phenoxy) is 2. The predicted octanol–water partition coefficient (Wildman–Crippen LogP) is 1.67. The van der Waals surface area contributed by atoms with Gasteiger partial charge in [-0.05, 0) is 55.5 Å². The quantitative estimate of drug-likeness (QED) is 0.764. The first-order chi connectivity index (χ1) is 13.2. The molecule has 3 fully saturated rings. The highest BCUT2D eigenvalue weighted by molar-refractivity contribution is 6.05. The van der Waals surface area contributed by atoms with E-state index >= 15 is 0 Å². The van der Waals surface area contributed by atoms with E-state index in [1.165, 1.54) is 11.9 Å². The molecule has 2 heterocycles. The van der Waals surface area contributed by atoms with Crippen molar-refractivity contribution in [3.05, 3.63) is 28.8 Å². The Bertz CT molecular complexity index is 815. The van der Waals surface area contributed by atoms with Crippen molar-refractivity contribution >= 4 is 11.8 Å². The smallest absolute Gasteiger partial charge is 0.233 e. The molecule has 2 N–H and O–H groups in total. The SMILES string of the molecule is COC[C@H]1C[C@@H]2C(=O)N(C)C(=O)[C@@H]2[C@@H]2C[C@@H](c3cc(C)c(O)c(C)c3)O[C@]12O. The average Bonchev–Trinajstić information content (AvgIpc) is 3.11. The van der Waals surface area contributed by atoms with Crippen LogP contribution in [0.1, 0.15) is 35.6 Å². The van der Waals surface area contributed by atoms with Crippen molar-refractivity contribution in [1.29, 1.82) is 0 Å². The van der Waals surface area contributed by atoms with E-state index in [9.17, 15) is 19.8 Å². The summed E-state index contributed by atoms with van der Waals surface area (Å²) in [6.45, 7) is 3.89. The number of nitrogens with zero attached hydrogens (tertiary/aromatic N) is 1. The van der Waals surface area contributed by atoms with Crippen LogP contribution in [0.5, 0.6) is 5.75 Å². The Morgan fingerprint density at radius 1 is 1.21 bits per heavy atom. The number of imide groups is 1. The fraction of sp³-hybridized carbons (Fsp3) is 0.619. The minimum absolute atomic E-state index is 0.182. The van der Waals surface area contributed by atoms with Crippen LogP contribution in [-0.2, 0) is 19.1 Å². The summed E-state index contributed by atoms with van der Waals surface area (Å²) in [4.78, 5) is 26.5. The van der Waals surface area contributed by atoms with E-state index in [0.29, 0.717) is 12.8 Å². The maximum atomic E-state index is 12.8. The maximum Gasteiger partial charge on any atom is 0.233 e. The number of carbonyl (C=O) groups is 2. The van der Waals surface area contributed by atoms with Gasteiger partial charge in [0.15, 0.2) is 5.79 Å². The van der Waals surface area contributed by atoms with Crippen molar-refractivity contribution in [3.63, 3.8) is 0 Å². The number of phenolic OH excluding ortho intramolecular Hbond substituents is 1. The first kappa shape index (κ1) is 19.4. The summed E-state index contributed by atoms with van der Waals surface area (Å²) in [7, 11) is 3.06. The minimum Gasteiger partial charge on any atom is -0.507 e. The molecule has 0 spiro atoms. The molecule has 1 aliphatic carbocycles. The molecule has 4 rings (SSSR count). The summed E-state index contributed by atoms with van der Waals surface area (Å²) < 4.78 is 11.5. The summed E-state index contributed by atoms with van der Waals surface area (Å²) in [5, 5.41) is 21.6. The lowest BCUT2D eigenvalue weighted by Gasteiger charge is -2.44. The van der Waals surface area contributed by atoms with E-state index < -0.39 is 35.6 Å². The van der Waals surface area contributed by atoms with Crippen molar-refractivity contribution in [3.8, 4) is 5.75 Å². The standard InChI is InChI=1S/C21H27NO6/c1-10-5-12(6-11(2)18(10)23)16-8-15-17-14(19(24)22(3)20(17)25)7-13(9-27-4)21(15,26)28-16/h5-6,13-17,23,26H,7-9H2,1-4H3/t13-,14+,15+,16+,17+,21-/m1/s1. The molecule has 7 nitrogen and oxygen atoms in total. The number of amides is 2. The van der Waals surface area contributed by atoms with Gasteiger partial charge in [-0.25, -0.2) is 0 Å². The molecule has 7 heteroatoms. The number of methoxy groups -OCH3 is 1. The number of hydrogen-bond acceptors (Lipinski definition) is 6. The fourth-order valence-corrected chi connectivity index (χ4v) is 5.42. The highest BCUT2D eigenvalue weighted by Crippen LogP contribution is 2.58. The average molecular weight is 389 g/mol. The van der Waals surface area contributed by atoms with E-state index in [2.05, 4.69) is 0 Å². The van der Waals surface area contributed by atoms with Crippen molar-refractivity contribution in [2.75, 3.05) is 20.8 Å². The van der Waals surface area contributed by atoms with Crippen molar-refractivity contribution in [2.45, 2.75) is 38.6 Å². The molecule has 28 heavy (non-hydrogen) atoms. The van der Waals surface area contributed by atoms with Gasteiger partial charge in [-0.1, -0.05) is 0 Å². The molecule has 2 aliphatic heterocycles. The number of benzene rings is 1. The molecular weight excluding hydrogens is 362 g/mol. The van der Waals surface area contributed by atoms with Crippen LogP contribution in [0.2, 0.25) is 0 Å². The predicted molar refractivity (Wildman–Crippen MR) is 99.2 cm³/mol. The molecular formula is C21H27NO6. The van der Waals surface area contributed by atoms with Crippen LogP contribution in [0.4, 0.5) is 0 Å². The summed E-state index contributed by atoms with van der Waals surface area (Å²) in [5.41, 5.74) is 2.32. The second-order valence-electron chi connectivity index (χ2n) is 8.46. The number of aliphatic hydroxyl groups is 1. The van der Waals surface area contributed by atoms with Gasteiger partial charge in [0, 0.05) is 26.0 Å². The molecule has 0 unspecified atom stereocenters. The van der Waals surface area contributed by atoms with Crippen LogP contribution in [0, 0.1) is 37.5 Å². The summed E-state index contributed by atoms with van der Waals surface area (Å²) >= 11 is 0. The Balaban J connectivity index is 1.73. The summed E-state index contributed by atoms with van der Waals surface area (Å²) in [5.74, 6) is -3.58. The highest BCUT2D eigenvalue weighted by atomic mass is 16.6. The normalized spacial score (nSPS) is 37.3. The van der Waals surface area contributed by atoms with Gasteiger partial charge < -0.3 is 19.7 Å². The first-order valence-electron chi connectivity index (χ1n) is 9.69. The fourth-order valence-electron chi connectivity index (χ4n) is 5.42. The second kappa shape index (κ2) is 6.54. The van der Waals surface area contributed by atoms with Crippen molar-refractivity contribution in [1.82, 2.24) is 4.90 Å². The van der Waals surface area contributed by atoms with Gasteiger partial charge in [0.25, 0.3) is 0 Å². The zero-order chi connectivity index (χ0) is 20.4. The number of likely N-dealkylation sites (tertiary alicyclic amines) is 1. The zero-order valence-electron chi connectivity index (χ0n) is 16.6. The highest BCUT2D eigenvalue weighted by Gasteiger charge is 2.66. The van der Waals surface area contributed by atoms with Gasteiger partial charge in [-0.3, -0.25) is 14.5 Å². The lowest BCUT2D eigenvalue weighted by molar-refractivity contribution is -0.275. The van der Waals surface area contributed by atoms with Crippen LogP contribution in [0.15, 0.2) is 12.1 Å². The van der Waals surface area contributed by atoms with E-state index in [1.807, 2.05) is 26.0 Å². The number of aromatic hydroxyl groups is 1. The van der Waals surface area contributed by atoms with Gasteiger partial charge in [-0.2, -0.15) is 0 Å². The zero-order valence-corrected chi connectivity index (χ0v) is 16.6. The van der Waals surface area contributed by atoms with Crippen molar-refractivity contribution in [2.24, 2.45) is 23.7 Å². The number of aryl methyl sites for hydroxylation is 2. The molecule has 1 aromatic carbocycles. The van der Waals surface area contributed by atoms with Crippen LogP contribution < -0.4 is 0 Å². The Kier molecular flexibility index (Phi) is 4.52. The molecule has 1 aromatic rings. The number of carbonyl (C=O) groups excluding carboxylic acids is 2. The van der Waals surface area contributed by atoms with Gasteiger partial charge in [0.1, 0.15) is 5.75 Å². The monoisotopic (exact) mass is 389 g/mol. The van der Waals surface area contributed by atoms with Gasteiger partial charge in [0.05, 0.1) is 24.5 Å². The third-order valence-electron chi connectivity index (χ3n) is 6.84. The lowest BCUT2D eigenvalue weighted by Crippen LogP contribution is -2.54. The number of rotatable bonds is 3. The molecule has 0 radical (unpaired) electrons. The molecule has 152 valence electrons. The minimum atomic E-state index is -1.53.